The fraction of sp³-hybridized carbons (Fsp3) is 0.750. The molecule has 0 spiro atoms. The van der Waals surface area contributed by atoms with E-state index in [1.165, 1.54) is 24.8 Å². The summed E-state index contributed by atoms with van der Waals surface area (Å²) in [5.74, 6) is 1.54. The molecular formula is C12H16O. The quantitative estimate of drug-likeness (QED) is 0.554. The number of carbonyl (C=O) groups excluding carboxylic acids is 1. The zero-order valence-corrected chi connectivity index (χ0v) is 8.39. The van der Waals surface area contributed by atoms with Gasteiger partial charge < -0.3 is 0 Å². The zero-order valence-electron chi connectivity index (χ0n) is 8.39. The van der Waals surface area contributed by atoms with Gasteiger partial charge in [-0.25, -0.2) is 0 Å². The van der Waals surface area contributed by atoms with Gasteiger partial charge in [0, 0.05) is 5.92 Å². The normalized spacial score (nSPS) is 40.3. The maximum absolute atomic E-state index is 11.9. The number of rotatable bonds is 0. The molecule has 1 nitrogen and oxygen atoms in total. The summed E-state index contributed by atoms with van der Waals surface area (Å²) in [6, 6.07) is 0. The smallest absolute Gasteiger partial charge is 0.163 e. The standard InChI is InChI=1S/C12H16O/c1-12(2)9-7-5-3-4-6-8(7)11(13)10(9)12/h9-10H,3-6H2,1-2H3. The molecule has 13 heavy (non-hydrogen) atoms. The molecule has 70 valence electrons. The van der Waals surface area contributed by atoms with E-state index in [1.807, 2.05) is 0 Å². The fourth-order valence-corrected chi connectivity index (χ4v) is 3.52. The molecule has 0 radical (unpaired) electrons. The van der Waals surface area contributed by atoms with Gasteiger partial charge in [0.2, 0.25) is 0 Å². The highest BCUT2D eigenvalue weighted by Gasteiger charge is 2.67. The molecule has 0 aromatic carbocycles. The summed E-state index contributed by atoms with van der Waals surface area (Å²) in [7, 11) is 0. The Morgan fingerprint density at radius 2 is 1.85 bits per heavy atom. The predicted octanol–water partition coefficient (Wildman–Crippen LogP) is 2.71. The summed E-state index contributed by atoms with van der Waals surface area (Å²) in [5, 5.41) is 0. The first-order chi connectivity index (χ1) is 6.14. The van der Waals surface area contributed by atoms with Gasteiger partial charge in [-0.05, 0) is 42.6 Å². The van der Waals surface area contributed by atoms with E-state index < -0.39 is 0 Å². The molecule has 0 N–H and O–H groups in total. The summed E-state index contributed by atoms with van der Waals surface area (Å²) in [6.07, 6.45) is 4.85. The van der Waals surface area contributed by atoms with E-state index in [2.05, 4.69) is 13.8 Å². The van der Waals surface area contributed by atoms with Gasteiger partial charge in [-0.2, -0.15) is 0 Å². The molecule has 0 amide bonds. The molecule has 3 rings (SSSR count). The molecule has 3 aliphatic carbocycles. The number of fused-ring (bicyclic) bond motifs is 2. The van der Waals surface area contributed by atoms with Crippen molar-refractivity contribution < 1.29 is 4.79 Å². The number of hydrogen-bond acceptors (Lipinski definition) is 1. The number of hydrogen-bond donors (Lipinski definition) is 0. The van der Waals surface area contributed by atoms with Gasteiger partial charge in [-0.1, -0.05) is 19.4 Å². The van der Waals surface area contributed by atoms with Crippen molar-refractivity contribution in [3.05, 3.63) is 11.1 Å². The van der Waals surface area contributed by atoms with E-state index in [0.29, 0.717) is 23.0 Å². The second-order valence-electron chi connectivity index (χ2n) is 5.35. The highest BCUT2D eigenvalue weighted by molar-refractivity contribution is 6.04. The van der Waals surface area contributed by atoms with E-state index in [4.69, 9.17) is 0 Å². The number of ketones is 1. The van der Waals surface area contributed by atoms with E-state index in [9.17, 15) is 4.79 Å². The second-order valence-corrected chi connectivity index (χ2v) is 5.35. The van der Waals surface area contributed by atoms with Crippen LogP contribution in [0.15, 0.2) is 11.1 Å². The largest absolute Gasteiger partial charge is 0.294 e. The second kappa shape index (κ2) is 2.08. The van der Waals surface area contributed by atoms with Crippen molar-refractivity contribution in [3.8, 4) is 0 Å². The van der Waals surface area contributed by atoms with Crippen LogP contribution < -0.4 is 0 Å². The van der Waals surface area contributed by atoms with Crippen LogP contribution in [0, 0.1) is 17.3 Å². The number of Topliss-reactive ketones (excluding diaryl/α,β-unsaturated/α-hetero) is 1. The lowest BCUT2D eigenvalue weighted by Crippen LogP contribution is -2.12. The first-order valence-corrected chi connectivity index (χ1v) is 5.40. The van der Waals surface area contributed by atoms with Gasteiger partial charge >= 0.3 is 0 Å². The molecule has 0 heterocycles. The molecule has 0 aromatic rings. The average molecular weight is 176 g/mol. The molecule has 1 fully saturated rings. The summed E-state index contributed by atoms with van der Waals surface area (Å²) in [4.78, 5) is 11.9. The van der Waals surface area contributed by atoms with Crippen molar-refractivity contribution in [1.82, 2.24) is 0 Å². The third-order valence-electron chi connectivity index (χ3n) is 4.29. The molecular weight excluding hydrogens is 160 g/mol. The van der Waals surface area contributed by atoms with Gasteiger partial charge in [0.1, 0.15) is 0 Å². The van der Waals surface area contributed by atoms with Crippen LogP contribution in [0.5, 0.6) is 0 Å². The maximum Gasteiger partial charge on any atom is 0.163 e. The molecule has 1 saturated carbocycles. The summed E-state index contributed by atoms with van der Waals surface area (Å²) < 4.78 is 0. The lowest BCUT2D eigenvalue weighted by molar-refractivity contribution is -0.117. The molecule has 2 unspecified atom stereocenters. The average Bonchev–Trinajstić information content (AvgIpc) is 2.50. The highest BCUT2D eigenvalue weighted by Crippen LogP contribution is 2.68. The Morgan fingerprint density at radius 1 is 1.15 bits per heavy atom. The topological polar surface area (TPSA) is 17.1 Å². The molecule has 0 bridgehead atoms. The van der Waals surface area contributed by atoms with Crippen molar-refractivity contribution in [2.75, 3.05) is 0 Å². The van der Waals surface area contributed by atoms with Crippen molar-refractivity contribution in [2.24, 2.45) is 17.3 Å². The number of carbonyl (C=O) groups is 1. The van der Waals surface area contributed by atoms with E-state index >= 15 is 0 Å². The Hall–Kier alpha value is -0.590. The van der Waals surface area contributed by atoms with Crippen LogP contribution in [0.25, 0.3) is 0 Å². The Labute approximate surface area is 79.2 Å². The minimum Gasteiger partial charge on any atom is -0.294 e. The minimum atomic E-state index is 0.313. The molecule has 0 aliphatic heterocycles. The Kier molecular flexibility index (Phi) is 1.24. The van der Waals surface area contributed by atoms with Gasteiger partial charge in [0.15, 0.2) is 5.78 Å². The maximum atomic E-state index is 11.9. The first-order valence-electron chi connectivity index (χ1n) is 5.40. The first kappa shape index (κ1) is 7.78. The molecule has 3 aliphatic rings. The van der Waals surface area contributed by atoms with Gasteiger partial charge in [0.05, 0.1) is 0 Å². The minimum absolute atomic E-state index is 0.313. The molecule has 1 heteroatoms. The predicted molar refractivity (Wildman–Crippen MR) is 51.3 cm³/mol. The summed E-state index contributed by atoms with van der Waals surface area (Å²) in [5.41, 5.74) is 3.10. The van der Waals surface area contributed by atoms with Crippen LogP contribution in [0.4, 0.5) is 0 Å². The monoisotopic (exact) mass is 176 g/mol. The molecule has 0 aromatic heterocycles. The van der Waals surface area contributed by atoms with Crippen LogP contribution in [-0.2, 0) is 4.79 Å². The Morgan fingerprint density at radius 3 is 2.62 bits per heavy atom. The lowest BCUT2D eigenvalue weighted by atomic mass is 9.85. The molecule has 0 saturated heterocycles. The Balaban J connectivity index is 2.04. The van der Waals surface area contributed by atoms with Gasteiger partial charge in [-0.3, -0.25) is 4.79 Å². The highest BCUT2D eigenvalue weighted by atomic mass is 16.1. The van der Waals surface area contributed by atoms with Gasteiger partial charge in [0.25, 0.3) is 0 Å². The third kappa shape index (κ3) is 0.762. The Bertz CT molecular complexity index is 322. The summed E-state index contributed by atoms with van der Waals surface area (Å²) >= 11 is 0. The van der Waals surface area contributed by atoms with E-state index in [1.54, 1.807) is 5.57 Å². The SMILES string of the molecule is CC1(C)C2C(=O)C3=C(CCCC3)C21. The fourth-order valence-electron chi connectivity index (χ4n) is 3.52. The van der Waals surface area contributed by atoms with E-state index in [-0.39, 0.29) is 0 Å². The van der Waals surface area contributed by atoms with Crippen LogP contribution in [0.2, 0.25) is 0 Å². The lowest BCUT2D eigenvalue weighted by Gasteiger charge is -2.19. The van der Waals surface area contributed by atoms with Crippen LogP contribution in [0.1, 0.15) is 39.5 Å². The van der Waals surface area contributed by atoms with Crippen LogP contribution in [-0.4, -0.2) is 5.78 Å². The van der Waals surface area contributed by atoms with Crippen molar-refractivity contribution in [3.63, 3.8) is 0 Å². The zero-order chi connectivity index (χ0) is 9.22. The number of allylic oxidation sites excluding steroid dienone is 2. The van der Waals surface area contributed by atoms with Crippen LogP contribution in [0.3, 0.4) is 0 Å². The van der Waals surface area contributed by atoms with Crippen molar-refractivity contribution in [2.45, 2.75) is 39.5 Å². The van der Waals surface area contributed by atoms with Gasteiger partial charge in [-0.15, -0.1) is 0 Å². The van der Waals surface area contributed by atoms with Crippen molar-refractivity contribution >= 4 is 5.78 Å². The van der Waals surface area contributed by atoms with E-state index in [0.717, 1.165) is 6.42 Å². The third-order valence-corrected chi connectivity index (χ3v) is 4.29. The van der Waals surface area contributed by atoms with Crippen molar-refractivity contribution in [1.29, 1.82) is 0 Å². The van der Waals surface area contributed by atoms with Crippen LogP contribution >= 0.6 is 0 Å². The molecule has 2 atom stereocenters. The summed E-state index contributed by atoms with van der Waals surface area (Å²) in [6.45, 7) is 4.50.